The number of rotatable bonds is 2. The average Bonchev–Trinajstić information content (AvgIpc) is 2.38. The van der Waals surface area contributed by atoms with Gasteiger partial charge in [-0.3, -0.25) is 0 Å². The summed E-state index contributed by atoms with van der Waals surface area (Å²) in [6.07, 6.45) is 6.12. The van der Waals surface area contributed by atoms with Crippen molar-refractivity contribution in [2.75, 3.05) is 0 Å². The van der Waals surface area contributed by atoms with Gasteiger partial charge < -0.3 is 0 Å². The van der Waals surface area contributed by atoms with Crippen molar-refractivity contribution in [1.29, 1.82) is 0 Å². The lowest BCUT2D eigenvalue weighted by Gasteiger charge is -2.63. The van der Waals surface area contributed by atoms with Crippen molar-refractivity contribution in [3.63, 3.8) is 0 Å². The van der Waals surface area contributed by atoms with Gasteiger partial charge in [-0.25, -0.2) is 0 Å². The van der Waals surface area contributed by atoms with Crippen LogP contribution in [-0.2, 0) is 0 Å². The lowest BCUT2D eigenvalue weighted by Crippen LogP contribution is -2.56. The van der Waals surface area contributed by atoms with E-state index in [1.54, 1.807) is 0 Å². The molecule has 0 nitrogen and oxygen atoms in total. The number of allylic oxidation sites excluding steroid dienone is 2. The van der Waals surface area contributed by atoms with Crippen molar-refractivity contribution in [1.82, 2.24) is 0 Å². The van der Waals surface area contributed by atoms with Gasteiger partial charge in [-0.1, -0.05) is 39.0 Å². The van der Waals surface area contributed by atoms with E-state index in [0.29, 0.717) is 16.2 Å². The molecule has 0 radical (unpaired) electrons. The van der Waals surface area contributed by atoms with E-state index in [4.69, 9.17) is 0 Å². The van der Waals surface area contributed by atoms with Crippen LogP contribution in [-0.4, -0.2) is 0 Å². The number of hydrogen-bond donors (Lipinski definition) is 0. The van der Waals surface area contributed by atoms with Crippen molar-refractivity contribution in [2.24, 2.45) is 22.2 Å². The third-order valence-corrected chi connectivity index (χ3v) is 5.46. The minimum Gasteiger partial charge on any atom is -0.103 e. The van der Waals surface area contributed by atoms with E-state index in [9.17, 15) is 0 Å². The molecule has 0 spiro atoms. The maximum absolute atomic E-state index is 4.27. The van der Waals surface area contributed by atoms with Crippen molar-refractivity contribution >= 4 is 0 Å². The Balaban J connectivity index is 2.46. The van der Waals surface area contributed by atoms with E-state index in [1.807, 2.05) is 0 Å². The van der Waals surface area contributed by atoms with Crippen LogP contribution < -0.4 is 0 Å². The molecule has 0 heteroatoms. The first-order valence-corrected chi connectivity index (χ1v) is 6.10. The smallest absolute Gasteiger partial charge is 0.00330 e. The molecule has 0 bridgehead atoms. The molecule has 0 aliphatic heterocycles. The van der Waals surface area contributed by atoms with Gasteiger partial charge in [0, 0.05) is 5.41 Å². The molecule has 15 heavy (non-hydrogen) atoms. The molecule has 0 saturated heterocycles. The monoisotopic (exact) mass is 204 g/mol. The van der Waals surface area contributed by atoms with Crippen LogP contribution in [0.15, 0.2) is 24.8 Å². The van der Waals surface area contributed by atoms with E-state index in [-0.39, 0.29) is 0 Å². The SMILES string of the molecule is C=C[C@]1(C)CC[C@H]2C(C)(C)C[C@]21C(=C)C. The molecule has 2 rings (SSSR count). The molecule has 2 aliphatic rings. The Morgan fingerprint density at radius 1 is 1.33 bits per heavy atom. The Bertz CT molecular complexity index is 323. The minimum atomic E-state index is 0.291. The summed E-state index contributed by atoms with van der Waals surface area (Å²) < 4.78 is 0. The van der Waals surface area contributed by atoms with E-state index in [0.717, 1.165) is 5.92 Å². The summed E-state index contributed by atoms with van der Waals surface area (Å²) in [5.41, 5.74) is 2.54. The molecule has 0 amide bonds. The topological polar surface area (TPSA) is 0 Å². The second kappa shape index (κ2) is 2.78. The van der Waals surface area contributed by atoms with Crippen molar-refractivity contribution in [2.45, 2.75) is 47.0 Å². The highest BCUT2D eigenvalue weighted by atomic mass is 14.7. The Morgan fingerprint density at radius 3 is 2.33 bits per heavy atom. The molecule has 0 aromatic carbocycles. The first kappa shape index (κ1) is 11.0. The predicted octanol–water partition coefficient (Wildman–Crippen LogP) is 4.58. The molecule has 0 heterocycles. The molecule has 2 aliphatic carbocycles. The molecule has 0 N–H and O–H groups in total. The van der Waals surface area contributed by atoms with Gasteiger partial charge in [0.15, 0.2) is 0 Å². The van der Waals surface area contributed by atoms with Crippen molar-refractivity contribution in [3.8, 4) is 0 Å². The van der Waals surface area contributed by atoms with Crippen LogP contribution in [0.5, 0.6) is 0 Å². The van der Waals surface area contributed by atoms with Gasteiger partial charge in [0.05, 0.1) is 0 Å². The lowest BCUT2D eigenvalue weighted by atomic mass is 9.41. The fourth-order valence-corrected chi connectivity index (χ4v) is 4.63. The van der Waals surface area contributed by atoms with Gasteiger partial charge >= 0.3 is 0 Å². The maximum Gasteiger partial charge on any atom is 0.00330 e. The third-order valence-electron chi connectivity index (χ3n) is 5.46. The molecular formula is C15H24. The molecular weight excluding hydrogens is 180 g/mol. The number of hydrogen-bond acceptors (Lipinski definition) is 0. The highest BCUT2D eigenvalue weighted by Gasteiger charge is 2.68. The van der Waals surface area contributed by atoms with Crippen LogP contribution in [0.2, 0.25) is 0 Å². The second-order valence-electron chi connectivity index (χ2n) is 6.63. The quantitative estimate of drug-likeness (QED) is 0.577. The first-order chi connectivity index (χ1) is 6.80. The summed E-state index contributed by atoms with van der Waals surface area (Å²) in [5, 5.41) is 0. The minimum absolute atomic E-state index is 0.291. The van der Waals surface area contributed by atoms with E-state index in [1.165, 1.54) is 24.8 Å². The summed E-state index contributed by atoms with van der Waals surface area (Å²) in [7, 11) is 0. The van der Waals surface area contributed by atoms with Crippen LogP contribution in [0, 0.1) is 22.2 Å². The van der Waals surface area contributed by atoms with Gasteiger partial charge in [0.1, 0.15) is 0 Å². The standard InChI is InChI=1S/C15H24/c1-7-14(6)9-8-12-13(4,5)10-15(12,14)11(2)3/h7,12H,1-2,8-10H2,3-6H3/t12-,14+,15-/m0/s1. The number of fused-ring (bicyclic) bond motifs is 1. The fraction of sp³-hybridized carbons (Fsp3) is 0.733. The average molecular weight is 204 g/mol. The molecule has 0 aromatic heterocycles. The zero-order valence-electron chi connectivity index (χ0n) is 10.7. The summed E-state index contributed by atoms with van der Waals surface area (Å²) in [6, 6.07) is 0. The largest absolute Gasteiger partial charge is 0.103 e. The van der Waals surface area contributed by atoms with Gasteiger partial charge in [0.2, 0.25) is 0 Å². The third kappa shape index (κ3) is 1.03. The fourth-order valence-electron chi connectivity index (χ4n) is 4.63. The van der Waals surface area contributed by atoms with E-state index < -0.39 is 0 Å². The lowest BCUT2D eigenvalue weighted by molar-refractivity contribution is -0.0958. The van der Waals surface area contributed by atoms with Gasteiger partial charge in [-0.05, 0) is 42.9 Å². The zero-order chi connectivity index (χ0) is 11.5. The van der Waals surface area contributed by atoms with Gasteiger partial charge in [0.25, 0.3) is 0 Å². The Labute approximate surface area is 94.5 Å². The maximum atomic E-state index is 4.27. The van der Waals surface area contributed by atoms with Gasteiger partial charge in [-0.2, -0.15) is 0 Å². The van der Waals surface area contributed by atoms with Crippen LogP contribution in [0.4, 0.5) is 0 Å². The zero-order valence-corrected chi connectivity index (χ0v) is 10.7. The van der Waals surface area contributed by atoms with E-state index in [2.05, 4.69) is 46.9 Å². The van der Waals surface area contributed by atoms with E-state index >= 15 is 0 Å². The highest BCUT2D eigenvalue weighted by Crippen LogP contribution is 2.76. The van der Waals surface area contributed by atoms with Crippen molar-refractivity contribution in [3.05, 3.63) is 24.8 Å². The predicted molar refractivity (Wildman–Crippen MR) is 66.7 cm³/mol. The van der Waals surface area contributed by atoms with Gasteiger partial charge in [-0.15, -0.1) is 6.58 Å². The highest BCUT2D eigenvalue weighted by molar-refractivity contribution is 5.31. The summed E-state index contributed by atoms with van der Waals surface area (Å²) in [6.45, 7) is 17.8. The Hall–Kier alpha value is -0.520. The summed E-state index contributed by atoms with van der Waals surface area (Å²) in [5.74, 6) is 0.825. The summed E-state index contributed by atoms with van der Waals surface area (Å²) >= 11 is 0. The molecule has 2 saturated carbocycles. The summed E-state index contributed by atoms with van der Waals surface area (Å²) in [4.78, 5) is 0. The second-order valence-corrected chi connectivity index (χ2v) is 6.63. The van der Waals surface area contributed by atoms with Crippen LogP contribution in [0.3, 0.4) is 0 Å². The van der Waals surface area contributed by atoms with Crippen LogP contribution in [0.25, 0.3) is 0 Å². The molecule has 2 fully saturated rings. The van der Waals surface area contributed by atoms with Crippen LogP contribution >= 0.6 is 0 Å². The molecule has 3 atom stereocenters. The Morgan fingerprint density at radius 2 is 1.93 bits per heavy atom. The molecule has 84 valence electrons. The van der Waals surface area contributed by atoms with Crippen LogP contribution in [0.1, 0.15) is 47.0 Å². The molecule has 0 unspecified atom stereocenters. The first-order valence-electron chi connectivity index (χ1n) is 6.10. The normalized spacial score (nSPS) is 46.8. The van der Waals surface area contributed by atoms with Crippen molar-refractivity contribution < 1.29 is 0 Å². The molecule has 0 aromatic rings. The Kier molecular flexibility index (Phi) is 2.04.